The van der Waals surface area contributed by atoms with E-state index < -0.39 is 0 Å². The summed E-state index contributed by atoms with van der Waals surface area (Å²) in [5.41, 5.74) is 6.01. The highest BCUT2D eigenvalue weighted by Crippen LogP contribution is 2.16. The van der Waals surface area contributed by atoms with Gasteiger partial charge < -0.3 is 15.8 Å². The Morgan fingerprint density at radius 1 is 1.44 bits per heavy atom. The molecule has 1 unspecified atom stereocenters. The minimum absolute atomic E-state index is 0.369. The van der Waals surface area contributed by atoms with Crippen molar-refractivity contribution in [3.63, 3.8) is 0 Å². The molecule has 1 aromatic carbocycles. The zero-order valence-corrected chi connectivity index (χ0v) is 9.69. The Balaban J connectivity index is 2.54. The summed E-state index contributed by atoms with van der Waals surface area (Å²) in [6, 6.07) is 7.09. The summed E-state index contributed by atoms with van der Waals surface area (Å²) in [6.07, 6.45) is 0.985. The highest BCUT2D eigenvalue weighted by atomic mass is 16.5. The van der Waals surface area contributed by atoms with Crippen LogP contribution in [-0.2, 0) is 4.79 Å². The Hall–Kier alpha value is -1.71. The SMILES string of the molecule is CCCOc1ccc(NC(C)C(N)=O)cc1. The first kappa shape index (κ1) is 12.4. The van der Waals surface area contributed by atoms with Gasteiger partial charge in [0.2, 0.25) is 5.91 Å². The fourth-order valence-corrected chi connectivity index (χ4v) is 1.19. The van der Waals surface area contributed by atoms with Crippen molar-refractivity contribution in [2.24, 2.45) is 5.73 Å². The maximum absolute atomic E-state index is 10.8. The predicted octanol–water partition coefficient (Wildman–Crippen LogP) is 1.76. The third-order valence-electron chi connectivity index (χ3n) is 2.14. The first-order valence-electron chi connectivity index (χ1n) is 5.42. The number of nitrogens with one attached hydrogen (secondary N) is 1. The molecule has 1 rings (SSSR count). The van der Waals surface area contributed by atoms with Gasteiger partial charge in [-0.3, -0.25) is 4.79 Å². The number of anilines is 1. The molecule has 0 aliphatic rings. The van der Waals surface area contributed by atoms with Crippen LogP contribution in [0.5, 0.6) is 5.75 Å². The van der Waals surface area contributed by atoms with Crippen molar-refractivity contribution in [3.8, 4) is 5.75 Å². The average molecular weight is 222 g/mol. The number of hydrogen-bond acceptors (Lipinski definition) is 3. The lowest BCUT2D eigenvalue weighted by atomic mass is 10.2. The lowest BCUT2D eigenvalue weighted by molar-refractivity contribution is -0.118. The average Bonchev–Trinajstić information content (AvgIpc) is 2.28. The van der Waals surface area contributed by atoms with Crippen molar-refractivity contribution in [3.05, 3.63) is 24.3 Å². The van der Waals surface area contributed by atoms with E-state index in [0.29, 0.717) is 6.61 Å². The predicted molar refractivity (Wildman–Crippen MR) is 64.5 cm³/mol. The molecule has 0 aromatic heterocycles. The summed E-state index contributed by atoms with van der Waals surface area (Å²) >= 11 is 0. The molecule has 0 heterocycles. The van der Waals surface area contributed by atoms with E-state index in [1.54, 1.807) is 6.92 Å². The van der Waals surface area contributed by atoms with Gasteiger partial charge in [0.05, 0.1) is 6.61 Å². The second kappa shape index (κ2) is 6.00. The molecule has 4 heteroatoms. The molecule has 16 heavy (non-hydrogen) atoms. The van der Waals surface area contributed by atoms with Crippen molar-refractivity contribution >= 4 is 11.6 Å². The van der Waals surface area contributed by atoms with Crippen LogP contribution in [0.15, 0.2) is 24.3 Å². The lowest BCUT2D eigenvalue weighted by Crippen LogP contribution is -2.32. The van der Waals surface area contributed by atoms with E-state index >= 15 is 0 Å². The van der Waals surface area contributed by atoms with Gasteiger partial charge in [0.15, 0.2) is 0 Å². The van der Waals surface area contributed by atoms with Gasteiger partial charge in [0, 0.05) is 5.69 Å². The summed E-state index contributed by atoms with van der Waals surface area (Å²) in [4.78, 5) is 10.8. The fraction of sp³-hybridized carbons (Fsp3) is 0.417. The van der Waals surface area contributed by atoms with Gasteiger partial charge in [0.25, 0.3) is 0 Å². The number of ether oxygens (including phenoxy) is 1. The maximum atomic E-state index is 10.8. The second-order valence-corrected chi connectivity index (χ2v) is 3.64. The van der Waals surface area contributed by atoms with Crippen molar-refractivity contribution in [1.29, 1.82) is 0 Å². The van der Waals surface area contributed by atoms with Gasteiger partial charge in [-0.2, -0.15) is 0 Å². The van der Waals surface area contributed by atoms with Crippen LogP contribution in [0.3, 0.4) is 0 Å². The minimum Gasteiger partial charge on any atom is -0.494 e. The van der Waals surface area contributed by atoms with Crippen LogP contribution in [0, 0.1) is 0 Å². The minimum atomic E-state index is -0.373. The molecule has 0 radical (unpaired) electrons. The Labute approximate surface area is 95.8 Å². The molecule has 0 saturated carbocycles. The molecule has 0 aliphatic heterocycles. The molecule has 0 saturated heterocycles. The molecule has 4 nitrogen and oxygen atoms in total. The van der Waals surface area contributed by atoms with E-state index in [4.69, 9.17) is 10.5 Å². The number of rotatable bonds is 6. The van der Waals surface area contributed by atoms with E-state index in [1.807, 2.05) is 24.3 Å². The van der Waals surface area contributed by atoms with Crippen LogP contribution < -0.4 is 15.8 Å². The molecule has 0 fully saturated rings. The van der Waals surface area contributed by atoms with Gasteiger partial charge in [-0.1, -0.05) is 6.92 Å². The third kappa shape index (κ3) is 3.81. The molecular weight excluding hydrogens is 204 g/mol. The number of nitrogens with two attached hydrogens (primary N) is 1. The van der Waals surface area contributed by atoms with Crippen LogP contribution in [0.25, 0.3) is 0 Å². The highest BCUT2D eigenvalue weighted by Gasteiger charge is 2.07. The molecule has 0 spiro atoms. The van der Waals surface area contributed by atoms with Crippen LogP contribution in [-0.4, -0.2) is 18.6 Å². The summed E-state index contributed by atoms with van der Waals surface area (Å²) in [7, 11) is 0. The zero-order valence-electron chi connectivity index (χ0n) is 9.69. The van der Waals surface area contributed by atoms with E-state index in [2.05, 4.69) is 12.2 Å². The smallest absolute Gasteiger partial charge is 0.239 e. The number of carbonyl (C=O) groups is 1. The van der Waals surface area contributed by atoms with Crippen molar-refractivity contribution < 1.29 is 9.53 Å². The number of carbonyl (C=O) groups excluding carboxylic acids is 1. The molecule has 0 aliphatic carbocycles. The normalized spacial score (nSPS) is 11.9. The summed E-state index contributed by atoms with van der Waals surface area (Å²) in [5, 5.41) is 2.99. The summed E-state index contributed by atoms with van der Waals surface area (Å²) in [6.45, 7) is 4.50. The molecule has 1 amide bonds. The van der Waals surface area contributed by atoms with Crippen molar-refractivity contribution in [1.82, 2.24) is 0 Å². The number of amides is 1. The molecule has 88 valence electrons. The Bertz CT molecular complexity index is 335. The van der Waals surface area contributed by atoms with E-state index in [9.17, 15) is 4.79 Å². The van der Waals surface area contributed by atoms with Crippen molar-refractivity contribution in [2.45, 2.75) is 26.3 Å². The molecule has 3 N–H and O–H groups in total. The number of benzene rings is 1. The van der Waals surface area contributed by atoms with Crippen LogP contribution >= 0.6 is 0 Å². The van der Waals surface area contributed by atoms with Crippen LogP contribution in [0.1, 0.15) is 20.3 Å². The molecular formula is C12H18N2O2. The third-order valence-corrected chi connectivity index (χ3v) is 2.14. The van der Waals surface area contributed by atoms with E-state index in [0.717, 1.165) is 17.9 Å². The number of primary amides is 1. The van der Waals surface area contributed by atoms with E-state index in [-0.39, 0.29) is 11.9 Å². The van der Waals surface area contributed by atoms with Gasteiger partial charge in [-0.05, 0) is 37.6 Å². The fourth-order valence-electron chi connectivity index (χ4n) is 1.19. The van der Waals surface area contributed by atoms with E-state index in [1.165, 1.54) is 0 Å². The Morgan fingerprint density at radius 2 is 2.06 bits per heavy atom. The molecule has 0 bridgehead atoms. The van der Waals surface area contributed by atoms with Gasteiger partial charge in [0.1, 0.15) is 11.8 Å². The van der Waals surface area contributed by atoms with Crippen molar-refractivity contribution in [2.75, 3.05) is 11.9 Å². The monoisotopic (exact) mass is 222 g/mol. The topological polar surface area (TPSA) is 64.3 Å². The van der Waals surface area contributed by atoms with Crippen LogP contribution in [0.4, 0.5) is 5.69 Å². The van der Waals surface area contributed by atoms with Gasteiger partial charge >= 0.3 is 0 Å². The maximum Gasteiger partial charge on any atom is 0.239 e. The summed E-state index contributed by atoms with van der Waals surface area (Å²) in [5.74, 6) is 0.463. The Kier molecular flexibility index (Phi) is 4.64. The largest absolute Gasteiger partial charge is 0.494 e. The molecule has 1 aromatic rings. The highest BCUT2D eigenvalue weighted by molar-refractivity contribution is 5.82. The first-order chi connectivity index (χ1) is 7.63. The number of hydrogen-bond donors (Lipinski definition) is 2. The summed E-state index contributed by atoms with van der Waals surface area (Å²) < 4.78 is 5.44. The standard InChI is InChI=1S/C12H18N2O2/c1-3-8-16-11-6-4-10(5-7-11)14-9(2)12(13)15/h4-7,9,14H,3,8H2,1-2H3,(H2,13,15). The lowest BCUT2D eigenvalue weighted by Gasteiger charge is -2.12. The van der Waals surface area contributed by atoms with Crippen LogP contribution in [0.2, 0.25) is 0 Å². The van der Waals surface area contributed by atoms with Gasteiger partial charge in [-0.15, -0.1) is 0 Å². The Morgan fingerprint density at radius 3 is 2.56 bits per heavy atom. The zero-order chi connectivity index (χ0) is 12.0. The quantitative estimate of drug-likeness (QED) is 0.770. The molecule has 1 atom stereocenters. The first-order valence-corrected chi connectivity index (χ1v) is 5.42. The van der Waals surface area contributed by atoms with Gasteiger partial charge in [-0.25, -0.2) is 0 Å². The second-order valence-electron chi connectivity index (χ2n) is 3.64.